The Hall–Kier alpha value is -1.39. The summed E-state index contributed by atoms with van der Waals surface area (Å²) in [5.74, 6) is 0. The summed E-state index contributed by atoms with van der Waals surface area (Å²) in [6.45, 7) is 8.62. The number of aromatic nitrogens is 1. The number of hydrogen-bond donors (Lipinski definition) is 2. The van der Waals surface area contributed by atoms with Crippen molar-refractivity contribution in [3.05, 3.63) is 29.5 Å². The van der Waals surface area contributed by atoms with Crippen LogP contribution < -0.4 is 5.32 Å². The van der Waals surface area contributed by atoms with Crippen LogP contribution >= 0.6 is 0 Å². The van der Waals surface area contributed by atoms with Crippen LogP contribution in [0, 0.1) is 6.92 Å². The van der Waals surface area contributed by atoms with E-state index in [9.17, 15) is 5.11 Å². The van der Waals surface area contributed by atoms with E-state index in [1.54, 1.807) is 0 Å². The fourth-order valence-corrected chi connectivity index (χ4v) is 1.97. The van der Waals surface area contributed by atoms with E-state index in [1.807, 2.05) is 25.1 Å². The SMILES string of the molecule is Cc1noc2cccc([C@H](O)CNC(C)(C)C)c12. The van der Waals surface area contributed by atoms with E-state index < -0.39 is 6.10 Å². The van der Waals surface area contributed by atoms with Crippen LogP contribution in [-0.4, -0.2) is 22.3 Å². The lowest BCUT2D eigenvalue weighted by atomic mass is 10.0. The summed E-state index contributed by atoms with van der Waals surface area (Å²) in [7, 11) is 0. The number of rotatable bonds is 3. The van der Waals surface area contributed by atoms with Crippen LogP contribution in [0.15, 0.2) is 22.7 Å². The molecule has 0 aliphatic rings. The van der Waals surface area contributed by atoms with Crippen LogP contribution in [0.5, 0.6) is 0 Å². The van der Waals surface area contributed by atoms with Gasteiger partial charge in [0.05, 0.1) is 17.2 Å². The highest BCUT2D eigenvalue weighted by molar-refractivity contribution is 5.83. The number of nitrogens with one attached hydrogen (secondary N) is 1. The highest BCUT2D eigenvalue weighted by atomic mass is 16.5. The molecular weight excluding hydrogens is 228 g/mol. The van der Waals surface area contributed by atoms with E-state index in [-0.39, 0.29) is 5.54 Å². The van der Waals surface area contributed by atoms with Crippen LogP contribution in [0.3, 0.4) is 0 Å². The van der Waals surface area contributed by atoms with Gasteiger partial charge in [-0.1, -0.05) is 17.3 Å². The number of benzene rings is 1. The summed E-state index contributed by atoms with van der Waals surface area (Å²) >= 11 is 0. The number of fused-ring (bicyclic) bond motifs is 1. The first-order valence-corrected chi connectivity index (χ1v) is 6.16. The van der Waals surface area contributed by atoms with E-state index in [2.05, 4.69) is 31.2 Å². The van der Waals surface area contributed by atoms with Crippen LogP contribution in [0.4, 0.5) is 0 Å². The highest BCUT2D eigenvalue weighted by Gasteiger charge is 2.18. The Bertz CT molecular complexity index is 540. The minimum Gasteiger partial charge on any atom is -0.387 e. The van der Waals surface area contributed by atoms with Crippen molar-refractivity contribution in [2.45, 2.75) is 39.3 Å². The first-order chi connectivity index (χ1) is 8.38. The molecule has 0 spiro atoms. The normalized spacial score (nSPS) is 14.1. The zero-order chi connectivity index (χ0) is 13.3. The molecule has 0 saturated heterocycles. The smallest absolute Gasteiger partial charge is 0.167 e. The van der Waals surface area contributed by atoms with Gasteiger partial charge in [0.25, 0.3) is 0 Å². The second-order valence-corrected chi connectivity index (χ2v) is 5.64. The number of aryl methyl sites for hydroxylation is 1. The van der Waals surface area contributed by atoms with Crippen LogP contribution in [0.2, 0.25) is 0 Å². The van der Waals surface area contributed by atoms with Gasteiger partial charge in [-0.05, 0) is 39.3 Å². The van der Waals surface area contributed by atoms with E-state index in [0.717, 1.165) is 22.2 Å². The van der Waals surface area contributed by atoms with Gasteiger partial charge in [-0.2, -0.15) is 0 Å². The fourth-order valence-electron chi connectivity index (χ4n) is 1.97. The molecule has 98 valence electrons. The van der Waals surface area contributed by atoms with Crippen molar-refractivity contribution in [1.29, 1.82) is 0 Å². The quantitative estimate of drug-likeness (QED) is 0.876. The van der Waals surface area contributed by atoms with Gasteiger partial charge in [0.1, 0.15) is 0 Å². The summed E-state index contributed by atoms with van der Waals surface area (Å²) in [6.07, 6.45) is -0.564. The largest absolute Gasteiger partial charge is 0.387 e. The predicted molar refractivity (Wildman–Crippen MR) is 71.5 cm³/mol. The molecule has 0 radical (unpaired) electrons. The molecule has 4 heteroatoms. The highest BCUT2D eigenvalue weighted by Crippen LogP contribution is 2.27. The van der Waals surface area contributed by atoms with Gasteiger partial charge < -0.3 is 14.9 Å². The van der Waals surface area contributed by atoms with Crippen molar-refractivity contribution in [2.24, 2.45) is 0 Å². The number of nitrogens with zero attached hydrogens (tertiary/aromatic N) is 1. The van der Waals surface area contributed by atoms with Crippen molar-refractivity contribution < 1.29 is 9.63 Å². The van der Waals surface area contributed by atoms with Gasteiger partial charge in [0.2, 0.25) is 0 Å². The monoisotopic (exact) mass is 248 g/mol. The molecule has 18 heavy (non-hydrogen) atoms. The Morgan fingerprint density at radius 1 is 1.39 bits per heavy atom. The molecule has 2 aromatic rings. The Morgan fingerprint density at radius 3 is 2.78 bits per heavy atom. The zero-order valence-electron chi connectivity index (χ0n) is 11.3. The Balaban J connectivity index is 2.27. The third-order valence-electron chi connectivity index (χ3n) is 2.89. The fraction of sp³-hybridized carbons (Fsp3) is 0.500. The summed E-state index contributed by atoms with van der Waals surface area (Å²) in [5, 5.41) is 18.4. The minimum absolute atomic E-state index is 0.0153. The molecule has 0 fully saturated rings. The molecule has 0 bridgehead atoms. The Kier molecular flexibility index (Phi) is 3.41. The number of β-amino-alcohol motifs (C(OH)–C–C–N with tert-alkyl or cyclic N) is 1. The van der Waals surface area contributed by atoms with Crippen LogP contribution in [0.25, 0.3) is 11.0 Å². The molecule has 0 saturated carbocycles. The summed E-state index contributed by atoms with van der Waals surface area (Å²) < 4.78 is 5.20. The molecule has 2 N–H and O–H groups in total. The molecular formula is C14H20N2O2. The van der Waals surface area contributed by atoms with Crippen molar-refractivity contribution in [3.8, 4) is 0 Å². The van der Waals surface area contributed by atoms with E-state index in [4.69, 9.17) is 4.52 Å². The first-order valence-electron chi connectivity index (χ1n) is 6.16. The summed E-state index contributed by atoms with van der Waals surface area (Å²) in [6, 6.07) is 5.66. The van der Waals surface area contributed by atoms with Crippen molar-refractivity contribution in [3.63, 3.8) is 0 Å². The predicted octanol–water partition coefficient (Wildman–Crippen LogP) is 2.56. The first kappa shape index (κ1) is 13.1. The maximum Gasteiger partial charge on any atom is 0.167 e. The van der Waals surface area contributed by atoms with E-state index >= 15 is 0 Å². The van der Waals surface area contributed by atoms with Crippen LogP contribution in [0.1, 0.15) is 38.1 Å². The topological polar surface area (TPSA) is 58.3 Å². The molecule has 0 aliphatic heterocycles. The zero-order valence-corrected chi connectivity index (χ0v) is 11.3. The standard InChI is InChI=1S/C14H20N2O2/c1-9-13-10(6-5-7-12(13)18-16-9)11(17)8-15-14(2,3)4/h5-7,11,15,17H,8H2,1-4H3/t11-/m1/s1. The molecule has 2 rings (SSSR count). The van der Waals surface area contributed by atoms with Crippen molar-refractivity contribution in [1.82, 2.24) is 10.5 Å². The Morgan fingerprint density at radius 2 is 2.11 bits per heavy atom. The van der Waals surface area contributed by atoms with E-state index in [0.29, 0.717) is 6.54 Å². The number of aliphatic hydroxyl groups excluding tert-OH is 1. The maximum atomic E-state index is 10.3. The molecule has 4 nitrogen and oxygen atoms in total. The van der Waals surface area contributed by atoms with Crippen molar-refractivity contribution >= 4 is 11.0 Å². The molecule has 0 unspecified atom stereocenters. The number of hydrogen-bond acceptors (Lipinski definition) is 4. The second kappa shape index (κ2) is 4.71. The van der Waals surface area contributed by atoms with Gasteiger partial charge in [-0.15, -0.1) is 0 Å². The van der Waals surface area contributed by atoms with Gasteiger partial charge in [-0.25, -0.2) is 0 Å². The summed E-state index contributed by atoms with van der Waals surface area (Å²) in [4.78, 5) is 0. The average molecular weight is 248 g/mol. The molecule has 1 atom stereocenters. The lowest BCUT2D eigenvalue weighted by Gasteiger charge is -2.23. The molecule has 1 aromatic heterocycles. The summed E-state index contributed by atoms with van der Waals surface area (Å²) in [5.41, 5.74) is 2.39. The average Bonchev–Trinajstić information content (AvgIpc) is 2.67. The van der Waals surface area contributed by atoms with Gasteiger partial charge in [-0.3, -0.25) is 0 Å². The third-order valence-corrected chi connectivity index (χ3v) is 2.89. The van der Waals surface area contributed by atoms with Crippen LogP contribution in [-0.2, 0) is 0 Å². The third kappa shape index (κ3) is 2.71. The van der Waals surface area contributed by atoms with Gasteiger partial charge in [0, 0.05) is 12.1 Å². The van der Waals surface area contributed by atoms with Crippen molar-refractivity contribution in [2.75, 3.05) is 6.54 Å². The molecule has 1 heterocycles. The second-order valence-electron chi connectivity index (χ2n) is 5.64. The van der Waals surface area contributed by atoms with Gasteiger partial charge in [0.15, 0.2) is 5.58 Å². The van der Waals surface area contributed by atoms with Gasteiger partial charge >= 0.3 is 0 Å². The molecule has 1 aromatic carbocycles. The number of aliphatic hydroxyl groups is 1. The molecule has 0 amide bonds. The van der Waals surface area contributed by atoms with E-state index in [1.165, 1.54) is 0 Å². The minimum atomic E-state index is -0.564. The maximum absolute atomic E-state index is 10.3. The lowest BCUT2D eigenvalue weighted by molar-refractivity contribution is 0.164. The lowest BCUT2D eigenvalue weighted by Crippen LogP contribution is -2.38. The molecule has 0 aliphatic carbocycles. The Labute approximate surface area is 107 Å².